The Kier molecular flexibility index (Phi) is 6.91. The van der Waals surface area contributed by atoms with Gasteiger partial charge in [-0.2, -0.15) is 0 Å². The van der Waals surface area contributed by atoms with Crippen molar-refractivity contribution in [3.05, 3.63) is 127 Å². The van der Waals surface area contributed by atoms with Gasteiger partial charge in [-0.1, -0.05) is 0 Å². The summed E-state index contributed by atoms with van der Waals surface area (Å²) < 4.78 is 1.88. The molecule has 6 heteroatoms. The van der Waals surface area contributed by atoms with Crippen LogP contribution in [0.25, 0.3) is 11.4 Å². The Balaban J connectivity index is 0.00000274. The van der Waals surface area contributed by atoms with Gasteiger partial charge in [0.05, 0.1) is 0 Å². The van der Waals surface area contributed by atoms with Crippen molar-refractivity contribution in [3.8, 4) is 11.4 Å². The molecule has 0 fully saturated rings. The van der Waals surface area contributed by atoms with Gasteiger partial charge in [0.25, 0.3) is 0 Å². The number of aryl methyl sites for hydroxylation is 1. The van der Waals surface area contributed by atoms with Crippen molar-refractivity contribution in [1.29, 1.82) is 0 Å². The molecule has 3 nitrogen and oxygen atoms in total. The van der Waals surface area contributed by atoms with E-state index >= 15 is 0 Å². The van der Waals surface area contributed by atoms with E-state index in [1.54, 1.807) is 0 Å². The molecular weight excluding hydrogens is 480 g/mol. The summed E-state index contributed by atoms with van der Waals surface area (Å²) in [5, 5.41) is 8.10. The Morgan fingerprint density at radius 3 is 1.44 bits per heavy atom. The summed E-state index contributed by atoms with van der Waals surface area (Å²) in [4.78, 5) is 4.99. The van der Waals surface area contributed by atoms with E-state index in [1.807, 2.05) is 60.3 Å². The first-order valence-corrected chi connectivity index (χ1v) is 14.3. The van der Waals surface area contributed by atoms with Crippen molar-refractivity contribution >= 4 is 45.5 Å². The molecular formula is C28H26Cl2N3P. The van der Waals surface area contributed by atoms with Gasteiger partial charge in [0.2, 0.25) is 0 Å². The molecule has 34 heavy (non-hydrogen) atoms. The van der Waals surface area contributed by atoms with Crippen molar-refractivity contribution in [3.63, 3.8) is 0 Å². The normalized spacial score (nSPS) is 12.4. The number of halogens is 2. The molecule has 0 spiro atoms. The summed E-state index contributed by atoms with van der Waals surface area (Å²) in [5.41, 5.74) is 0.994. The second kappa shape index (κ2) is 9.72. The minimum absolute atomic E-state index is 0. The SMILES string of the molecule is Cl.Cn1nc(-c2ccccc2)nc1CP(Cl)(c1ccccc1)(c1ccccc1)c1ccccc1. The number of nitrogens with zero attached hydrogens (tertiary/aromatic N) is 3. The number of hydrogen-bond donors (Lipinski definition) is 0. The Bertz CT molecular complexity index is 1260. The molecule has 0 saturated carbocycles. The molecule has 0 aliphatic carbocycles. The third-order valence-electron chi connectivity index (χ3n) is 6.21. The fraction of sp³-hybridized carbons (Fsp3) is 0.0714. The molecule has 5 rings (SSSR count). The predicted molar refractivity (Wildman–Crippen MR) is 148 cm³/mol. The second-order valence-corrected chi connectivity index (χ2v) is 14.7. The van der Waals surface area contributed by atoms with Crippen LogP contribution in [0.4, 0.5) is 0 Å². The van der Waals surface area contributed by atoms with E-state index in [1.165, 1.54) is 0 Å². The molecule has 4 aromatic carbocycles. The van der Waals surface area contributed by atoms with Crippen LogP contribution < -0.4 is 15.9 Å². The summed E-state index contributed by atoms with van der Waals surface area (Å²) in [5.74, 6) is -1.88. The van der Waals surface area contributed by atoms with Crippen LogP contribution in [-0.2, 0) is 13.2 Å². The molecule has 1 aromatic heterocycles. The van der Waals surface area contributed by atoms with Gasteiger partial charge >= 0.3 is 200 Å². The van der Waals surface area contributed by atoms with Crippen molar-refractivity contribution in [2.24, 2.45) is 7.05 Å². The quantitative estimate of drug-likeness (QED) is 0.261. The molecule has 0 unspecified atom stereocenters. The van der Waals surface area contributed by atoms with Crippen LogP contribution in [0.5, 0.6) is 0 Å². The van der Waals surface area contributed by atoms with E-state index in [-0.39, 0.29) is 12.4 Å². The van der Waals surface area contributed by atoms with Crippen LogP contribution in [0.3, 0.4) is 0 Å². The Labute approximate surface area is 211 Å². The standard InChI is InChI=1S/C28H25ClN3P.ClH/c1-32-27(30-28(31-32)23-14-6-2-7-15-23)22-33(29,24-16-8-3-9-17-24,25-18-10-4-11-19-25)26-20-12-5-13-21-26;/h2-21H,22H2,1H3;1H. The fourth-order valence-corrected chi connectivity index (χ4v) is 10.4. The van der Waals surface area contributed by atoms with Crippen LogP contribution in [0.2, 0.25) is 0 Å². The molecule has 0 radical (unpaired) electrons. The molecule has 0 saturated heterocycles. The van der Waals surface area contributed by atoms with E-state index in [0.717, 1.165) is 27.3 Å². The minimum atomic E-state index is -3.46. The van der Waals surface area contributed by atoms with Gasteiger partial charge in [0.15, 0.2) is 0 Å². The first-order valence-electron chi connectivity index (χ1n) is 10.9. The van der Waals surface area contributed by atoms with Crippen molar-refractivity contribution in [2.45, 2.75) is 6.16 Å². The van der Waals surface area contributed by atoms with Crippen LogP contribution >= 0.6 is 29.6 Å². The molecule has 0 amide bonds. The summed E-state index contributed by atoms with van der Waals surface area (Å²) in [6, 6.07) is 41.5. The van der Waals surface area contributed by atoms with Crippen molar-refractivity contribution in [2.75, 3.05) is 0 Å². The summed E-state index contributed by atoms with van der Waals surface area (Å²) in [6.07, 6.45) is 0.557. The third kappa shape index (κ3) is 4.05. The fourth-order valence-electron chi connectivity index (χ4n) is 4.47. The molecule has 0 aliphatic rings. The monoisotopic (exact) mass is 505 g/mol. The van der Waals surface area contributed by atoms with Gasteiger partial charge in [-0.05, 0) is 0 Å². The van der Waals surface area contributed by atoms with Crippen LogP contribution in [-0.4, -0.2) is 14.8 Å². The average Bonchev–Trinajstić information content (AvgIpc) is 3.26. The number of rotatable bonds is 6. The van der Waals surface area contributed by atoms with Crippen molar-refractivity contribution < 1.29 is 0 Å². The second-order valence-electron chi connectivity index (χ2n) is 8.19. The van der Waals surface area contributed by atoms with E-state index in [0.29, 0.717) is 12.0 Å². The van der Waals surface area contributed by atoms with Crippen LogP contribution in [0, 0.1) is 0 Å². The molecule has 0 N–H and O–H groups in total. The predicted octanol–water partition coefficient (Wildman–Crippen LogP) is 6.09. The summed E-state index contributed by atoms with van der Waals surface area (Å²) in [6.45, 7) is 0. The Hall–Kier alpha value is -2.97. The topological polar surface area (TPSA) is 30.7 Å². The van der Waals surface area contributed by atoms with Crippen molar-refractivity contribution in [1.82, 2.24) is 14.8 Å². The van der Waals surface area contributed by atoms with Gasteiger partial charge in [-0.3, -0.25) is 0 Å². The Morgan fingerprint density at radius 2 is 1.03 bits per heavy atom. The zero-order chi connectivity index (χ0) is 22.8. The number of hydrogen-bond acceptors (Lipinski definition) is 2. The number of aromatic nitrogens is 3. The molecule has 0 atom stereocenters. The van der Waals surface area contributed by atoms with E-state index in [9.17, 15) is 0 Å². The molecule has 0 aliphatic heterocycles. The van der Waals surface area contributed by atoms with Gasteiger partial charge in [-0.25, -0.2) is 0 Å². The average molecular weight is 506 g/mol. The maximum absolute atomic E-state index is 8.19. The van der Waals surface area contributed by atoms with E-state index < -0.39 is 5.96 Å². The van der Waals surface area contributed by atoms with Gasteiger partial charge < -0.3 is 0 Å². The van der Waals surface area contributed by atoms with Crippen LogP contribution in [0.1, 0.15) is 5.82 Å². The number of benzene rings is 4. The molecule has 5 aromatic rings. The van der Waals surface area contributed by atoms with Gasteiger partial charge in [0.1, 0.15) is 0 Å². The summed E-state index contributed by atoms with van der Waals surface area (Å²) >= 11 is 8.19. The maximum atomic E-state index is 8.19. The molecule has 0 bridgehead atoms. The van der Waals surface area contributed by atoms with E-state index in [4.69, 9.17) is 21.3 Å². The molecule has 1 heterocycles. The van der Waals surface area contributed by atoms with E-state index in [2.05, 4.69) is 72.8 Å². The van der Waals surface area contributed by atoms with Gasteiger partial charge in [-0.15, -0.1) is 12.4 Å². The first kappa shape index (κ1) is 24.2. The zero-order valence-electron chi connectivity index (χ0n) is 18.8. The Morgan fingerprint density at radius 1 is 0.647 bits per heavy atom. The first-order chi connectivity index (χ1) is 16.1. The zero-order valence-corrected chi connectivity index (χ0v) is 21.3. The van der Waals surface area contributed by atoms with Gasteiger partial charge in [0, 0.05) is 0 Å². The third-order valence-corrected chi connectivity index (χ3v) is 13.3. The molecule has 172 valence electrons. The summed E-state index contributed by atoms with van der Waals surface area (Å²) in [7, 11) is 1.95. The van der Waals surface area contributed by atoms with Crippen LogP contribution in [0.15, 0.2) is 121 Å².